The quantitative estimate of drug-likeness (QED) is 0.314. The highest BCUT2D eigenvalue weighted by Gasteiger charge is 2.40. The lowest BCUT2D eigenvalue weighted by Gasteiger charge is -2.38. The summed E-state index contributed by atoms with van der Waals surface area (Å²) < 4.78 is 14.2. The van der Waals surface area contributed by atoms with Gasteiger partial charge in [0.05, 0.1) is 29.2 Å². The lowest BCUT2D eigenvalue weighted by Crippen LogP contribution is -2.44. The van der Waals surface area contributed by atoms with E-state index in [4.69, 9.17) is 8.84 Å². The maximum Gasteiger partial charge on any atom is 0.277 e. The summed E-state index contributed by atoms with van der Waals surface area (Å²) in [6.07, 6.45) is 6.00. The molecule has 200 valence electrons. The van der Waals surface area contributed by atoms with Crippen LogP contribution in [0.3, 0.4) is 0 Å². The van der Waals surface area contributed by atoms with E-state index in [9.17, 15) is 4.79 Å². The average Bonchev–Trinajstić information content (AvgIpc) is 3.58. The summed E-state index contributed by atoms with van der Waals surface area (Å²) in [5.41, 5.74) is 4.51. The molecule has 0 spiro atoms. The zero-order chi connectivity index (χ0) is 27.2. The topological polar surface area (TPSA) is 98.3 Å². The third-order valence-electron chi connectivity index (χ3n) is 7.75. The van der Waals surface area contributed by atoms with E-state index in [1.54, 1.807) is 6.20 Å². The van der Waals surface area contributed by atoms with E-state index in [-0.39, 0.29) is 22.7 Å². The van der Waals surface area contributed by atoms with Gasteiger partial charge in [-0.05, 0) is 55.7 Å². The summed E-state index contributed by atoms with van der Waals surface area (Å²) in [4.78, 5) is 24.2. The molecule has 9 nitrogen and oxygen atoms in total. The van der Waals surface area contributed by atoms with Crippen molar-refractivity contribution in [3.05, 3.63) is 54.3 Å². The van der Waals surface area contributed by atoms with Crippen molar-refractivity contribution in [3.8, 4) is 11.5 Å². The predicted octanol–water partition coefficient (Wildman–Crippen LogP) is 5.78. The van der Waals surface area contributed by atoms with Crippen molar-refractivity contribution >= 4 is 36.5 Å². The van der Waals surface area contributed by atoms with E-state index < -0.39 is 8.32 Å². The van der Waals surface area contributed by atoms with Crippen LogP contribution in [-0.4, -0.2) is 53.2 Å². The lowest BCUT2D eigenvalue weighted by molar-refractivity contribution is 0.102. The number of amides is 1. The largest absolute Gasteiger partial charge is 0.444 e. The van der Waals surface area contributed by atoms with Crippen molar-refractivity contribution in [1.29, 1.82) is 0 Å². The number of nitrogens with zero attached hydrogens (tertiary/aromatic N) is 5. The van der Waals surface area contributed by atoms with Gasteiger partial charge in [0.25, 0.3) is 5.91 Å². The molecule has 1 aliphatic rings. The number of pyridine rings is 1. The second kappa shape index (κ2) is 9.67. The van der Waals surface area contributed by atoms with Crippen molar-refractivity contribution < 1.29 is 13.6 Å². The van der Waals surface area contributed by atoms with Crippen LogP contribution in [0.15, 0.2) is 47.3 Å². The van der Waals surface area contributed by atoms with Gasteiger partial charge >= 0.3 is 0 Å². The van der Waals surface area contributed by atoms with E-state index in [0.29, 0.717) is 11.6 Å². The van der Waals surface area contributed by atoms with Crippen LogP contribution in [0.25, 0.3) is 22.4 Å². The van der Waals surface area contributed by atoms with Crippen molar-refractivity contribution in [2.45, 2.75) is 58.4 Å². The van der Waals surface area contributed by atoms with E-state index >= 15 is 0 Å². The van der Waals surface area contributed by atoms with Gasteiger partial charge in [-0.2, -0.15) is 5.10 Å². The standard InChI is InChI=1S/C28H36N6O3Si/c1-18-12-19(8-10-29-18)27-32-23(17-36-27)26(35)31-22-13-20-15-30-33(5)24(20)14-25(22)34-11-9-21(16-34)37-38(6,7)28(2,3)4/h8,10,12-15,17,21H,9,11,16H2,1-7H3,(H,31,35)/t21-/m0/s1. The van der Waals surface area contributed by atoms with Gasteiger partial charge in [-0.15, -0.1) is 0 Å². The van der Waals surface area contributed by atoms with Crippen LogP contribution in [0.4, 0.5) is 11.4 Å². The maximum absolute atomic E-state index is 13.3. The van der Waals surface area contributed by atoms with E-state index in [2.05, 4.69) is 65.2 Å². The third-order valence-corrected chi connectivity index (χ3v) is 12.3. The summed E-state index contributed by atoms with van der Waals surface area (Å²) in [6.45, 7) is 14.9. The number of carbonyl (C=O) groups excluding carboxylic acids is 1. The van der Waals surface area contributed by atoms with Crippen LogP contribution in [0.5, 0.6) is 0 Å². The Kier molecular flexibility index (Phi) is 6.64. The van der Waals surface area contributed by atoms with Gasteiger partial charge in [-0.3, -0.25) is 14.5 Å². The van der Waals surface area contributed by atoms with Crippen LogP contribution in [0.1, 0.15) is 43.4 Å². The minimum Gasteiger partial charge on any atom is -0.444 e. The van der Waals surface area contributed by atoms with Crippen LogP contribution in [0.2, 0.25) is 18.1 Å². The van der Waals surface area contributed by atoms with Crippen molar-refractivity contribution in [3.63, 3.8) is 0 Å². The van der Waals surface area contributed by atoms with Crippen LogP contribution >= 0.6 is 0 Å². The fraction of sp³-hybridized carbons (Fsp3) is 0.429. The average molecular weight is 533 g/mol. The second-order valence-corrected chi connectivity index (χ2v) is 16.4. The number of hydrogen-bond acceptors (Lipinski definition) is 7. The predicted molar refractivity (Wildman–Crippen MR) is 152 cm³/mol. The van der Waals surface area contributed by atoms with Gasteiger partial charge in [0.2, 0.25) is 5.89 Å². The van der Waals surface area contributed by atoms with Gasteiger partial charge < -0.3 is 19.1 Å². The molecule has 0 aliphatic carbocycles. The molecule has 1 N–H and O–H groups in total. The van der Waals surface area contributed by atoms with E-state index in [1.807, 2.05) is 43.0 Å². The number of aryl methyl sites for hydroxylation is 2. The Bertz CT molecular complexity index is 1490. The van der Waals surface area contributed by atoms with Crippen LogP contribution in [0, 0.1) is 6.92 Å². The smallest absolute Gasteiger partial charge is 0.277 e. The number of benzene rings is 1. The van der Waals surface area contributed by atoms with Crippen LogP contribution in [-0.2, 0) is 11.5 Å². The van der Waals surface area contributed by atoms with Gasteiger partial charge in [-0.1, -0.05) is 20.8 Å². The molecule has 1 aromatic carbocycles. The third kappa shape index (κ3) is 5.10. The molecule has 0 saturated carbocycles. The molecule has 1 saturated heterocycles. The molecule has 3 aromatic heterocycles. The number of oxazole rings is 1. The molecule has 4 heterocycles. The summed E-state index contributed by atoms with van der Waals surface area (Å²) in [5.74, 6) is 0.0530. The first kappa shape index (κ1) is 26.1. The Morgan fingerprint density at radius 2 is 2.03 bits per heavy atom. The zero-order valence-electron chi connectivity index (χ0n) is 23.2. The SMILES string of the molecule is Cc1cc(-c2nc(C(=O)Nc3cc4cnn(C)c4cc3N3CC[C@H](O[Si](C)(C)C(C)(C)C)C3)co2)ccn1. The molecule has 0 radical (unpaired) electrons. The summed E-state index contributed by atoms with van der Waals surface area (Å²) in [5, 5.41) is 8.60. The van der Waals surface area contributed by atoms with Gasteiger partial charge in [0.1, 0.15) is 6.26 Å². The Hall–Kier alpha value is -3.50. The molecule has 1 aliphatic heterocycles. The zero-order valence-corrected chi connectivity index (χ0v) is 24.2. The Labute approximate surface area is 224 Å². The Morgan fingerprint density at radius 1 is 1.24 bits per heavy atom. The first-order chi connectivity index (χ1) is 17.9. The minimum atomic E-state index is -1.89. The molecule has 38 heavy (non-hydrogen) atoms. The second-order valence-electron chi connectivity index (χ2n) is 11.6. The van der Waals surface area contributed by atoms with E-state index in [0.717, 1.165) is 47.4 Å². The highest BCUT2D eigenvalue weighted by Crippen LogP contribution is 2.40. The lowest BCUT2D eigenvalue weighted by atomic mass is 10.1. The summed E-state index contributed by atoms with van der Waals surface area (Å²) in [6, 6.07) is 7.76. The Balaban J connectivity index is 1.40. The molecule has 4 aromatic rings. The maximum atomic E-state index is 13.3. The normalized spacial score (nSPS) is 16.4. The van der Waals surface area contributed by atoms with Crippen molar-refractivity contribution in [2.75, 3.05) is 23.3 Å². The fourth-order valence-corrected chi connectivity index (χ4v) is 5.94. The van der Waals surface area contributed by atoms with Gasteiger partial charge in [-0.25, -0.2) is 4.98 Å². The number of rotatable bonds is 6. The first-order valence-corrected chi connectivity index (χ1v) is 15.9. The fourth-order valence-electron chi connectivity index (χ4n) is 4.56. The van der Waals surface area contributed by atoms with Crippen LogP contribution < -0.4 is 10.2 Å². The first-order valence-electron chi connectivity index (χ1n) is 13.0. The minimum absolute atomic E-state index is 0.151. The van der Waals surface area contributed by atoms with Gasteiger partial charge in [0.15, 0.2) is 14.0 Å². The van der Waals surface area contributed by atoms with Crippen molar-refractivity contribution in [1.82, 2.24) is 19.7 Å². The molecule has 1 amide bonds. The number of aromatic nitrogens is 4. The number of anilines is 2. The molecule has 1 fully saturated rings. The monoisotopic (exact) mass is 532 g/mol. The number of hydrogen-bond donors (Lipinski definition) is 1. The number of fused-ring (bicyclic) bond motifs is 1. The molecular formula is C28H36N6O3Si. The summed E-state index contributed by atoms with van der Waals surface area (Å²) >= 11 is 0. The van der Waals surface area contributed by atoms with E-state index in [1.165, 1.54) is 6.26 Å². The molecular weight excluding hydrogens is 496 g/mol. The number of carbonyl (C=O) groups is 1. The molecule has 0 unspecified atom stereocenters. The highest BCUT2D eigenvalue weighted by molar-refractivity contribution is 6.74. The molecule has 10 heteroatoms. The molecule has 5 rings (SSSR count). The number of nitrogens with one attached hydrogen (secondary N) is 1. The highest BCUT2D eigenvalue weighted by atomic mass is 28.4. The molecule has 1 atom stereocenters. The van der Waals surface area contributed by atoms with Crippen molar-refractivity contribution in [2.24, 2.45) is 7.05 Å². The van der Waals surface area contributed by atoms with Gasteiger partial charge in [0, 0.05) is 43.0 Å². The summed E-state index contributed by atoms with van der Waals surface area (Å²) in [7, 11) is 0.0374. The Morgan fingerprint density at radius 3 is 2.76 bits per heavy atom. The molecule has 0 bridgehead atoms.